The molecule has 2 aliphatic rings. The Labute approximate surface area is 143 Å². The first-order valence-corrected chi connectivity index (χ1v) is 8.49. The van der Waals surface area contributed by atoms with Crippen LogP contribution in [0.5, 0.6) is 0 Å². The average Bonchev–Trinajstić information content (AvgIpc) is 2.72. The molecule has 0 spiro atoms. The molecule has 1 saturated heterocycles. The maximum absolute atomic E-state index is 6.16. The summed E-state index contributed by atoms with van der Waals surface area (Å²) in [6, 6.07) is 10.0. The van der Waals surface area contributed by atoms with Gasteiger partial charge in [-0.15, -0.1) is 0 Å². The maximum Gasteiger partial charge on any atom is 0.184 e. The van der Waals surface area contributed by atoms with Crippen molar-refractivity contribution in [3.8, 4) is 0 Å². The first-order valence-electron chi connectivity index (χ1n) is 8.49. The van der Waals surface area contributed by atoms with Crippen LogP contribution in [0.1, 0.15) is 31.6 Å². The maximum atomic E-state index is 6.16. The van der Waals surface area contributed by atoms with Gasteiger partial charge in [-0.2, -0.15) is 0 Å². The Balaban J connectivity index is 1.69. The van der Waals surface area contributed by atoms with Crippen LogP contribution in [0, 0.1) is 0 Å². The molecular formula is C20H24O4. The predicted molar refractivity (Wildman–Crippen MR) is 92.1 cm³/mol. The summed E-state index contributed by atoms with van der Waals surface area (Å²) in [6.45, 7) is 3.09. The van der Waals surface area contributed by atoms with Crippen molar-refractivity contribution in [2.45, 2.75) is 38.3 Å². The lowest BCUT2D eigenvalue weighted by atomic mass is 10.1. The fraction of sp³-hybridized carbons (Fsp3) is 0.400. The first kappa shape index (κ1) is 16.8. The van der Waals surface area contributed by atoms with Gasteiger partial charge in [0.25, 0.3) is 0 Å². The van der Waals surface area contributed by atoms with E-state index >= 15 is 0 Å². The number of hydrogen-bond acceptors (Lipinski definition) is 4. The van der Waals surface area contributed by atoms with E-state index in [1.165, 1.54) is 0 Å². The molecule has 1 aromatic carbocycles. The van der Waals surface area contributed by atoms with Gasteiger partial charge in [-0.05, 0) is 25.8 Å². The molecule has 128 valence electrons. The molecule has 4 nitrogen and oxygen atoms in total. The lowest BCUT2D eigenvalue weighted by Crippen LogP contribution is -2.41. The predicted octanol–water partition coefficient (Wildman–Crippen LogP) is 4.27. The summed E-state index contributed by atoms with van der Waals surface area (Å²) in [5, 5.41) is 0. The van der Waals surface area contributed by atoms with Gasteiger partial charge in [0.1, 0.15) is 18.0 Å². The fourth-order valence-electron chi connectivity index (χ4n) is 2.73. The number of allylic oxidation sites excluding steroid dienone is 3. The molecule has 0 saturated carbocycles. The molecule has 0 aliphatic carbocycles. The van der Waals surface area contributed by atoms with Crippen molar-refractivity contribution >= 4 is 0 Å². The van der Waals surface area contributed by atoms with E-state index in [0.29, 0.717) is 13.2 Å². The van der Waals surface area contributed by atoms with Gasteiger partial charge in [0.2, 0.25) is 0 Å². The summed E-state index contributed by atoms with van der Waals surface area (Å²) >= 11 is 0. The highest BCUT2D eigenvalue weighted by molar-refractivity contribution is 5.17. The van der Waals surface area contributed by atoms with Crippen molar-refractivity contribution in [2.75, 3.05) is 13.2 Å². The van der Waals surface area contributed by atoms with Gasteiger partial charge in [-0.3, -0.25) is 0 Å². The van der Waals surface area contributed by atoms with Gasteiger partial charge >= 0.3 is 0 Å². The molecule has 0 radical (unpaired) electrons. The molecular weight excluding hydrogens is 304 g/mol. The van der Waals surface area contributed by atoms with E-state index in [1.807, 2.05) is 49.4 Å². The Hall–Kier alpha value is -2.04. The largest absolute Gasteiger partial charge is 0.501 e. The molecule has 0 aromatic heterocycles. The van der Waals surface area contributed by atoms with Crippen molar-refractivity contribution in [1.82, 2.24) is 0 Å². The van der Waals surface area contributed by atoms with E-state index in [1.54, 1.807) is 6.26 Å². The van der Waals surface area contributed by atoms with Crippen LogP contribution in [-0.4, -0.2) is 25.4 Å². The Morgan fingerprint density at radius 2 is 2.04 bits per heavy atom. The minimum absolute atomic E-state index is 0.0396. The number of ether oxygens (including phenoxy) is 4. The summed E-state index contributed by atoms with van der Waals surface area (Å²) in [5.74, 6) is 0.787. The van der Waals surface area contributed by atoms with Crippen LogP contribution in [0.3, 0.4) is 0 Å². The SMILES string of the molecule is CCO/C=C/C1=C/C/C=C\C[C@@H]2O[C@H](c3ccccc3)OC[C@H]2O1. The summed E-state index contributed by atoms with van der Waals surface area (Å²) in [7, 11) is 0. The highest BCUT2D eigenvalue weighted by Crippen LogP contribution is 2.30. The van der Waals surface area contributed by atoms with Gasteiger partial charge in [-0.1, -0.05) is 42.5 Å². The van der Waals surface area contributed by atoms with Crippen LogP contribution in [-0.2, 0) is 18.9 Å². The Morgan fingerprint density at radius 3 is 2.88 bits per heavy atom. The fourth-order valence-corrected chi connectivity index (χ4v) is 2.73. The zero-order valence-corrected chi connectivity index (χ0v) is 14.0. The van der Waals surface area contributed by atoms with Gasteiger partial charge < -0.3 is 18.9 Å². The van der Waals surface area contributed by atoms with Crippen molar-refractivity contribution in [3.05, 3.63) is 72.2 Å². The molecule has 3 atom stereocenters. The molecule has 0 unspecified atom stereocenters. The van der Waals surface area contributed by atoms with Crippen molar-refractivity contribution in [2.24, 2.45) is 0 Å². The topological polar surface area (TPSA) is 36.9 Å². The molecule has 1 fully saturated rings. The summed E-state index contributed by atoms with van der Waals surface area (Å²) in [5.41, 5.74) is 1.03. The van der Waals surface area contributed by atoms with E-state index in [-0.39, 0.29) is 18.5 Å². The molecule has 4 heteroatoms. The average molecular weight is 328 g/mol. The molecule has 0 bridgehead atoms. The quantitative estimate of drug-likeness (QED) is 0.611. The second-order valence-electron chi connectivity index (χ2n) is 5.71. The normalized spacial score (nSPS) is 30.9. The molecule has 24 heavy (non-hydrogen) atoms. The van der Waals surface area contributed by atoms with Crippen LogP contribution < -0.4 is 0 Å². The Morgan fingerprint density at radius 1 is 1.17 bits per heavy atom. The van der Waals surface area contributed by atoms with Crippen molar-refractivity contribution < 1.29 is 18.9 Å². The summed E-state index contributed by atoms with van der Waals surface area (Å²) < 4.78 is 23.4. The number of rotatable bonds is 4. The summed E-state index contributed by atoms with van der Waals surface area (Å²) in [6.07, 6.45) is 11.0. The lowest BCUT2D eigenvalue weighted by Gasteiger charge is -2.36. The van der Waals surface area contributed by atoms with Crippen LogP contribution in [0.2, 0.25) is 0 Å². The van der Waals surface area contributed by atoms with Gasteiger partial charge in [0.05, 0.1) is 19.5 Å². The van der Waals surface area contributed by atoms with E-state index in [0.717, 1.165) is 24.2 Å². The van der Waals surface area contributed by atoms with Gasteiger partial charge in [-0.25, -0.2) is 0 Å². The Bertz CT molecular complexity index is 591. The minimum atomic E-state index is -0.336. The molecule has 3 rings (SSSR count). The molecule has 2 aliphatic heterocycles. The van der Waals surface area contributed by atoms with Gasteiger partial charge in [0, 0.05) is 11.6 Å². The Kier molecular flexibility index (Phi) is 6.10. The standard InChI is InChI=1S/C20H24O4/c1-2-21-14-13-17-11-7-4-8-12-18-19(23-17)15-22-20(24-18)16-9-5-3-6-10-16/h3-6,8-11,13-14,18-20H,2,7,12,15H2,1H3/b8-4-,14-13+,17-11-/t18-,19+,20+/m0/s1. The summed E-state index contributed by atoms with van der Waals surface area (Å²) in [4.78, 5) is 0. The van der Waals surface area contributed by atoms with E-state index < -0.39 is 0 Å². The van der Waals surface area contributed by atoms with Crippen molar-refractivity contribution in [3.63, 3.8) is 0 Å². The second kappa shape index (κ2) is 8.71. The first-order chi connectivity index (χ1) is 11.9. The highest BCUT2D eigenvalue weighted by atomic mass is 16.7. The number of benzene rings is 1. The molecule has 1 aromatic rings. The molecule has 2 heterocycles. The third-order valence-corrected chi connectivity index (χ3v) is 3.97. The molecule has 0 N–H and O–H groups in total. The lowest BCUT2D eigenvalue weighted by molar-refractivity contribution is -0.257. The van der Waals surface area contributed by atoms with Gasteiger partial charge in [0.15, 0.2) is 6.29 Å². The minimum Gasteiger partial charge on any atom is -0.501 e. The zero-order valence-electron chi connectivity index (χ0n) is 14.0. The number of fused-ring (bicyclic) bond motifs is 1. The zero-order chi connectivity index (χ0) is 16.6. The third-order valence-electron chi connectivity index (χ3n) is 3.97. The van der Waals surface area contributed by atoms with Crippen LogP contribution in [0.25, 0.3) is 0 Å². The second-order valence-corrected chi connectivity index (χ2v) is 5.71. The monoisotopic (exact) mass is 328 g/mol. The van der Waals surface area contributed by atoms with Crippen LogP contribution >= 0.6 is 0 Å². The van der Waals surface area contributed by atoms with E-state index in [4.69, 9.17) is 18.9 Å². The van der Waals surface area contributed by atoms with E-state index in [2.05, 4.69) is 12.2 Å². The highest BCUT2D eigenvalue weighted by Gasteiger charge is 2.34. The van der Waals surface area contributed by atoms with E-state index in [9.17, 15) is 0 Å². The number of hydrogen-bond donors (Lipinski definition) is 0. The van der Waals surface area contributed by atoms with Crippen LogP contribution in [0.4, 0.5) is 0 Å². The van der Waals surface area contributed by atoms with Crippen molar-refractivity contribution in [1.29, 1.82) is 0 Å². The smallest absolute Gasteiger partial charge is 0.184 e. The molecule has 0 amide bonds. The van der Waals surface area contributed by atoms with Crippen LogP contribution in [0.15, 0.2) is 66.7 Å². The third kappa shape index (κ3) is 4.49.